The molecule has 7 heteroatoms. The van der Waals surface area contributed by atoms with E-state index in [1.807, 2.05) is 30.6 Å². The maximum Gasteiger partial charge on any atom is 0.234 e. The Hall–Kier alpha value is -2.54. The number of methoxy groups -OCH3 is 1. The molecule has 1 aromatic carbocycles. The standard InChI is InChI=1S/C22H31N5O2/c1-29-20-9-5-8-19(16-20)27-11-10-23-22(27)26-14-12-25(13-15-26)17-21(28)24-18-6-3-2-4-7-18/h5,8-11,16,18H,2-4,6-7,12-15,17H2,1H3,(H,24,28). The molecule has 0 spiro atoms. The number of anilines is 1. The molecular formula is C22H31N5O2. The second kappa shape index (κ2) is 9.31. The molecule has 156 valence electrons. The van der Waals surface area contributed by atoms with Crippen molar-refractivity contribution < 1.29 is 9.53 Å². The summed E-state index contributed by atoms with van der Waals surface area (Å²) in [4.78, 5) is 21.5. The van der Waals surface area contributed by atoms with Crippen molar-refractivity contribution >= 4 is 11.9 Å². The lowest BCUT2D eigenvalue weighted by Gasteiger charge is -2.35. The third kappa shape index (κ3) is 4.90. The highest BCUT2D eigenvalue weighted by atomic mass is 16.5. The predicted molar refractivity (Wildman–Crippen MR) is 114 cm³/mol. The van der Waals surface area contributed by atoms with Gasteiger partial charge in [0.2, 0.25) is 11.9 Å². The van der Waals surface area contributed by atoms with E-state index in [4.69, 9.17) is 4.74 Å². The molecule has 1 amide bonds. The maximum atomic E-state index is 12.4. The van der Waals surface area contributed by atoms with Gasteiger partial charge >= 0.3 is 0 Å². The largest absolute Gasteiger partial charge is 0.497 e. The van der Waals surface area contributed by atoms with Crippen LogP contribution >= 0.6 is 0 Å². The van der Waals surface area contributed by atoms with E-state index in [1.54, 1.807) is 7.11 Å². The van der Waals surface area contributed by atoms with Gasteiger partial charge < -0.3 is 15.0 Å². The van der Waals surface area contributed by atoms with Crippen LogP contribution in [0.1, 0.15) is 32.1 Å². The van der Waals surface area contributed by atoms with Gasteiger partial charge in [-0.05, 0) is 25.0 Å². The van der Waals surface area contributed by atoms with E-state index in [-0.39, 0.29) is 5.91 Å². The van der Waals surface area contributed by atoms with Crippen LogP contribution in [0.2, 0.25) is 0 Å². The summed E-state index contributed by atoms with van der Waals surface area (Å²) in [6.45, 7) is 3.94. The number of nitrogens with zero attached hydrogens (tertiary/aromatic N) is 4. The summed E-state index contributed by atoms with van der Waals surface area (Å²) < 4.78 is 7.44. The smallest absolute Gasteiger partial charge is 0.234 e. The van der Waals surface area contributed by atoms with E-state index in [1.165, 1.54) is 19.3 Å². The van der Waals surface area contributed by atoms with Crippen molar-refractivity contribution in [1.82, 2.24) is 19.8 Å². The Balaban J connectivity index is 1.32. The summed E-state index contributed by atoms with van der Waals surface area (Å²) in [5, 5.41) is 3.22. The van der Waals surface area contributed by atoms with Crippen molar-refractivity contribution in [2.45, 2.75) is 38.1 Å². The van der Waals surface area contributed by atoms with Crippen molar-refractivity contribution in [2.75, 3.05) is 44.7 Å². The van der Waals surface area contributed by atoms with E-state index in [0.717, 1.165) is 56.4 Å². The minimum absolute atomic E-state index is 0.170. The molecule has 4 rings (SSSR count). The van der Waals surface area contributed by atoms with Crippen LogP contribution in [0.25, 0.3) is 5.69 Å². The molecule has 0 unspecified atom stereocenters. The molecule has 0 radical (unpaired) electrons. The zero-order valence-corrected chi connectivity index (χ0v) is 17.2. The SMILES string of the molecule is COc1cccc(-n2ccnc2N2CCN(CC(=O)NC3CCCCC3)CC2)c1. The molecule has 2 aliphatic rings. The van der Waals surface area contributed by atoms with Crippen molar-refractivity contribution in [2.24, 2.45) is 0 Å². The molecule has 0 atom stereocenters. The quantitative estimate of drug-likeness (QED) is 0.811. The van der Waals surface area contributed by atoms with E-state index < -0.39 is 0 Å². The lowest BCUT2D eigenvalue weighted by atomic mass is 9.95. The molecule has 2 aromatic rings. The molecule has 1 aromatic heterocycles. The molecule has 2 heterocycles. The van der Waals surface area contributed by atoms with Gasteiger partial charge in [0.1, 0.15) is 5.75 Å². The third-order valence-electron chi connectivity index (χ3n) is 5.95. The number of hydrogen-bond acceptors (Lipinski definition) is 5. The highest BCUT2D eigenvalue weighted by Crippen LogP contribution is 2.23. The fourth-order valence-corrected chi connectivity index (χ4v) is 4.32. The van der Waals surface area contributed by atoms with Gasteiger partial charge in [0.05, 0.1) is 19.3 Å². The number of nitrogens with one attached hydrogen (secondary N) is 1. The second-order valence-electron chi connectivity index (χ2n) is 7.96. The first-order valence-corrected chi connectivity index (χ1v) is 10.7. The summed E-state index contributed by atoms with van der Waals surface area (Å²) >= 11 is 0. The molecule has 0 bridgehead atoms. The highest BCUT2D eigenvalue weighted by Gasteiger charge is 2.23. The van der Waals surface area contributed by atoms with Gasteiger partial charge in [-0.3, -0.25) is 14.3 Å². The number of piperazine rings is 1. The Labute approximate surface area is 172 Å². The maximum absolute atomic E-state index is 12.4. The first-order valence-electron chi connectivity index (χ1n) is 10.7. The van der Waals surface area contributed by atoms with Gasteiger partial charge in [0.25, 0.3) is 0 Å². The molecule has 2 fully saturated rings. The summed E-state index contributed by atoms with van der Waals surface area (Å²) in [5.41, 5.74) is 1.03. The fraction of sp³-hybridized carbons (Fsp3) is 0.545. The van der Waals surface area contributed by atoms with E-state index >= 15 is 0 Å². The average molecular weight is 398 g/mol. The summed E-state index contributed by atoms with van der Waals surface area (Å²) in [7, 11) is 1.68. The van der Waals surface area contributed by atoms with Crippen LogP contribution in [0.15, 0.2) is 36.7 Å². The lowest BCUT2D eigenvalue weighted by molar-refractivity contribution is -0.123. The first kappa shape index (κ1) is 19.8. The van der Waals surface area contributed by atoms with Crippen LogP contribution in [0.5, 0.6) is 5.75 Å². The van der Waals surface area contributed by atoms with Gasteiger partial charge in [-0.1, -0.05) is 25.3 Å². The average Bonchev–Trinajstić information content (AvgIpc) is 3.25. The number of benzene rings is 1. The number of carbonyl (C=O) groups excluding carboxylic acids is 1. The number of imidazole rings is 1. The predicted octanol–water partition coefficient (Wildman–Crippen LogP) is 2.45. The molecule has 1 N–H and O–H groups in total. The number of carbonyl (C=O) groups is 1. The van der Waals surface area contributed by atoms with Gasteiger partial charge in [-0.25, -0.2) is 4.98 Å². The van der Waals surface area contributed by atoms with Crippen LogP contribution in [0.4, 0.5) is 5.95 Å². The van der Waals surface area contributed by atoms with Crippen molar-refractivity contribution in [3.05, 3.63) is 36.7 Å². The molecule has 7 nitrogen and oxygen atoms in total. The number of rotatable bonds is 6. The highest BCUT2D eigenvalue weighted by molar-refractivity contribution is 5.78. The lowest BCUT2D eigenvalue weighted by Crippen LogP contribution is -2.51. The van der Waals surface area contributed by atoms with Crippen molar-refractivity contribution in [3.8, 4) is 11.4 Å². The van der Waals surface area contributed by atoms with Crippen molar-refractivity contribution in [3.63, 3.8) is 0 Å². The zero-order chi connectivity index (χ0) is 20.1. The van der Waals surface area contributed by atoms with E-state index in [0.29, 0.717) is 12.6 Å². The Kier molecular flexibility index (Phi) is 6.34. The first-order chi connectivity index (χ1) is 14.2. The Morgan fingerprint density at radius 1 is 1.17 bits per heavy atom. The number of hydrogen-bond donors (Lipinski definition) is 1. The molecule has 1 saturated heterocycles. The Bertz CT molecular complexity index is 807. The molecule has 1 aliphatic heterocycles. The molecule has 29 heavy (non-hydrogen) atoms. The van der Waals surface area contributed by atoms with Crippen LogP contribution < -0.4 is 15.0 Å². The van der Waals surface area contributed by atoms with E-state index in [9.17, 15) is 4.79 Å². The fourth-order valence-electron chi connectivity index (χ4n) is 4.32. The minimum Gasteiger partial charge on any atom is -0.497 e. The third-order valence-corrected chi connectivity index (χ3v) is 5.95. The number of aromatic nitrogens is 2. The van der Waals surface area contributed by atoms with Crippen LogP contribution in [0, 0.1) is 0 Å². The van der Waals surface area contributed by atoms with Gasteiger partial charge in [-0.2, -0.15) is 0 Å². The monoisotopic (exact) mass is 397 g/mol. The Morgan fingerprint density at radius 2 is 1.97 bits per heavy atom. The van der Waals surface area contributed by atoms with Gasteiger partial charge in [-0.15, -0.1) is 0 Å². The van der Waals surface area contributed by atoms with Gasteiger partial charge in [0.15, 0.2) is 0 Å². The second-order valence-corrected chi connectivity index (χ2v) is 7.96. The molecule has 1 aliphatic carbocycles. The minimum atomic E-state index is 0.170. The molecule has 1 saturated carbocycles. The number of ether oxygens (including phenoxy) is 1. The summed E-state index contributed by atoms with van der Waals surface area (Å²) in [5.74, 6) is 1.93. The van der Waals surface area contributed by atoms with Gasteiger partial charge in [0, 0.05) is 50.7 Å². The van der Waals surface area contributed by atoms with Crippen LogP contribution in [0.3, 0.4) is 0 Å². The molecular weight excluding hydrogens is 366 g/mol. The van der Waals surface area contributed by atoms with E-state index in [2.05, 4.69) is 30.7 Å². The zero-order valence-electron chi connectivity index (χ0n) is 17.2. The summed E-state index contributed by atoms with van der Waals surface area (Å²) in [6, 6.07) is 8.38. The van der Waals surface area contributed by atoms with Crippen LogP contribution in [-0.4, -0.2) is 66.2 Å². The topological polar surface area (TPSA) is 62.6 Å². The Morgan fingerprint density at radius 3 is 2.72 bits per heavy atom. The number of amides is 1. The summed E-state index contributed by atoms with van der Waals surface area (Å²) in [6.07, 6.45) is 9.86. The normalized spacial score (nSPS) is 18.6. The van der Waals surface area contributed by atoms with Crippen LogP contribution in [-0.2, 0) is 4.79 Å². The van der Waals surface area contributed by atoms with Crippen molar-refractivity contribution in [1.29, 1.82) is 0 Å².